The van der Waals surface area contributed by atoms with E-state index < -0.39 is 28.6 Å². The largest absolute Gasteiger partial charge is 0.417 e. The van der Waals surface area contributed by atoms with Crippen LogP contribution in [0.1, 0.15) is 52.9 Å². The summed E-state index contributed by atoms with van der Waals surface area (Å²) < 4.78 is 48.0. The van der Waals surface area contributed by atoms with Crippen LogP contribution < -0.4 is 16.0 Å². The average molecular weight is 519 g/mol. The molecule has 8 nitrogen and oxygen atoms in total. The molecule has 5 fully saturated rings. The van der Waals surface area contributed by atoms with E-state index in [1.807, 2.05) is 24.9 Å². The Bertz CT molecular complexity index is 1160. The van der Waals surface area contributed by atoms with E-state index in [0.717, 1.165) is 25.1 Å². The fourth-order valence-corrected chi connectivity index (χ4v) is 7.11. The summed E-state index contributed by atoms with van der Waals surface area (Å²) in [6.45, 7) is 6.26. The van der Waals surface area contributed by atoms with Crippen molar-refractivity contribution in [3.63, 3.8) is 0 Å². The maximum atomic E-state index is 12.9. The number of piperazine rings is 1. The third-order valence-corrected chi connectivity index (χ3v) is 8.96. The highest BCUT2D eigenvalue weighted by Crippen LogP contribution is 2.60. The number of hydrogen-bond donors (Lipinski definition) is 2. The van der Waals surface area contributed by atoms with Crippen molar-refractivity contribution >= 4 is 17.6 Å². The SMILES string of the molecule is [2H]C12CC3CC(CC(C(N)=O)(C3)C1)C2N=C(NC#N)C(C)(C)N1CCN(c2ccc(C(F)(F)F)cn2)CC1. The van der Waals surface area contributed by atoms with Crippen molar-refractivity contribution in [2.24, 2.45) is 33.9 Å². The Morgan fingerprint density at radius 3 is 2.54 bits per heavy atom. The number of carbonyl (C=O) groups excluding carboxylic acids is 1. The Morgan fingerprint density at radius 1 is 1.24 bits per heavy atom. The lowest BCUT2D eigenvalue weighted by atomic mass is 9.48. The van der Waals surface area contributed by atoms with Crippen molar-refractivity contribution in [2.45, 2.75) is 63.7 Å². The molecule has 1 aliphatic heterocycles. The Morgan fingerprint density at radius 2 is 1.97 bits per heavy atom. The number of nitrogens with one attached hydrogen (secondary N) is 1. The third kappa shape index (κ3) is 4.65. The number of nitriles is 1. The summed E-state index contributed by atoms with van der Waals surface area (Å²) in [7, 11) is 0. The minimum Gasteiger partial charge on any atom is -0.369 e. The zero-order valence-corrected chi connectivity index (χ0v) is 21.2. The van der Waals surface area contributed by atoms with Crippen molar-refractivity contribution in [3.05, 3.63) is 23.9 Å². The van der Waals surface area contributed by atoms with E-state index in [1.54, 1.807) is 0 Å². The van der Waals surface area contributed by atoms with Crippen LogP contribution in [0.4, 0.5) is 19.0 Å². The summed E-state index contributed by atoms with van der Waals surface area (Å²) in [5.41, 5.74) is 3.78. The highest BCUT2D eigenvalue weighted by atomic mass is 19.4. The van der Waals surface area contributed by atoms with Gasteiger partial charge >= 0.3 is 6.18 Å². The number of aliphatic imine (C=N–C) groups is 1. The van der Waals surface area contributed by atoms with Gasteiger partial charge in [0.05, 0.1) is 17.1 Å². The summed E-state index contributed by atoms with van der Waals surface area (Å²) in [4.78, 5) is 25.6. The summed E-state index contributed by atoms with van der Waals surface area (Å²) in [6.07, 6.45) is 1.89. The number of halogens is 3. The number of rotatable bonds is 5. The van der Waals surface area contributed by atoms with Gasteiger partial charge in [0.1, 0.15) is 11.7 Å². The van der Waals surface area contributed by atoms with Gasteiger partial charge in [0.25, 0.3) is 0 Å². The zero-order valence-electron chi connectivity index (χ0n) is 22.2. The van der Waals surface area contributed by atoms with Gasteiger partial charge in [-0.2, -0.15) is 18.4 Å². The second kappa shape index (κ2) is 9.15. The fourth-order valence-electron chi connectivity index (χ4n) is 7.11. The van der Waals surface area contributed by atoms with Gasteiger partial charge in [-0.05, 0) is 75.8 Å². The Kier molecular flexibility index (Phi) is 6.05. The van der Waals surface area contributed by atoms with Gasteiger partial charge < -0.3 is 10.6 Å². The predicted molar refractivity (Wildman–Crippen MR) is 132 cm³/mol. The molecule has 37 heavy (non-hydrogen) atoms. The van der Waals surface area contributed by atoms with Gasteiger partial charge in [0.15, 0.2) is 6.19 Å². The normalized spacial score (nSPS) is 34.7. The first-order chi connectivity index (χ1) is 17.8. The topological polar surface area (TPSA) is 111 Å². The number of nitrogens with two attached hydrogens (primary N) is 1. The van der Waals surface area contributed by atoms with E-state index in [1.165, 1.54) is 6.07 Å². The molecule has 5 unspecified atom stereocenters. The molecule has 1 saturated heterocycles. The monoisotopic (exact) mass is 518 g/mol. The smallest absolute Gasteiger partial charge is 0.369 e. The van der Waals surface area contributed by atoms with Gasteiger partial charge in [-0.15, -0.1) is 0 Å². The van der Waals surface area contributed by atoms with Gasteiger partial charge in [-0.25, -0.2) is 4.98 Å². The molecule has 5 atom stereocenters. The number of aromatic nitrogens is 1. The molecule has 11 heteroatoms. The highest BCUT2D eigenvalue weighted by Gasteiger charge is 2.58. The summed E-state index contributed by atoms with van der Waals surface area (Å²) in [5, 5.41) is 12.4. The first kappa shape index (κ1) is 24.5. The molecule has 4 saturated carbocycles. The number of alkyl halides is 3. The van der Waals surface area contributed by atoms with Crippen LogP contribution in [0, 0.1) is 34.6 Å². The van der Waals surface area contributed by atoms with Gasteiger partial charge in [0, 0.05) is 39.2 Å². The van der Waals surface area contributed by atoms with Crippen molar-refractivity contribution in [1.29, 1.82) is 5.26 Å². The van der Waals surface area contributed by atoms with E-state index in [4.69, 9.17) is 10.7 Å². The molecule has 5 aliphatic rings. The molecule has 1 aromatic heterocycles. The van der Waals surface area contributed by atoms with Gasteiger partial charge in [-0.1, -0.05) is 0 Å². The highest BCUT2D eigenvalue weighted by molar-refractivity contribution is 5.92. The molecule has 4 bridgehead atoms. The lowest BCUT2D eigenvalue weighted by Gasteiger charge is -2.58. The van der Waals surface area contributed by atoms with Crippen LogP contribution in [-0.4, -0.2) is 59.4 Å². The van der Waals surface area contributed by atoms with Crippen molar-refractivity contribution < 1.29 is 19.3 Å². The molecule has 0 spiro atoms. The number of pyridine rings is 1. The summed E-state index contributed by atoms with van der Waals surface area (Å²) in [5.74, 6) is 0.194. The standard InChI is InChI=1S/C26H34F3N7O/c1-24(2,36-7-5-35(6-8-36)20-4-3-19(14-32-20)26(27,28)29)23(33-15-30)34-21-17-9-16-10-18(21)13-25(11-16,12-17)22(31)37/h3-4,14,16-18,21H,5-13H2,1-2H3,(H2,31,37)(H,33,34)/i17D. The van der Waals surface area contributed by atoms with E-state index in [9.17, 15) is 24.6 Å². The molecular weight excluding hydrogens is 483 g/mol. The van der Waals surface area contributed by atoms with Crippen LogP contribution in [0.2, 0.25) is 0 Å². The number of hydrogen-bond acceptors (Lipinski definition) is 6. The van der Waals surface area contributed by atoms with Crippen molar-refractivity contribution in [2.75, 3.05) is 31.1 Å². The summed E-state index contributed by atoms with van der Waals surface area (Å²) in [6, 6.07) is 2.12. The maximum absolute atomic E-state index is 12.9. The molecule has 1 aromatic rings. The minimum atomic E-state index is -4.42. The lowest BCUT2D eigenvalue weighted by molar-refractivity contribution is -0.144. The second-order valence-corrected chi connectivity index (χ2v) is 11.5. The number of primary amides is 1. The van der Waals surface area contributed by atoms with Crippen molar-refractivity contribution in [1.82, 2.24) is 15.2 Å². The number of anilines is 1. The Hall–Kier alpha value is -2.87. The van der Waals surface area contributed by atoms with Crippen LogP contribution in [-0.2, 0) is 11.0 Å². The Balaban J connectivity index is 1.32. The maximum Gasteiger partial charge on any atom is 0.417 e. The van der Waals surface area contributed by atoms with E-state index in [-0.39, 0.29) is 17.9 Å². The molecule has 1 amide bonds. The van der Waals surface area contributed by atoms with E-state index in [0.29, 0.717) is 63.0 Å². The van der Waals surface area contributed by atoms with E-state index >= 15 is 0 Å². The van der Waals surface area contributed by atoms with Gasteiger partial charge in [-0.3, -0.25) is 20.0 Å². The average Bonchev–Trinajstić information content (AvgIpc) is 2.84. The zero-order chi connectivity index (χ0) is 27.5. The number of nitrogens with zero attached hydrogens (tertiary/aromatic N) is 5. The molecular formula is C26H34F3N7O. The van der Waals surface area contributed by atoms with Gasteiger partial charge in [0.2, 0.25) is 5.91 Å². The number of amides is 1. The quantitative estimate of drug-likeness (QED) is 0.268. The van der Waals surface area contributed by atoms with Crippen molar-refractivity contribution in [3.8, 4) is 6.19 Å². The fraction of sp³-hybridized carbons (Fsp3) is 0.692. The van der Waals surface area contributed by atoms with Crippen LogP contribution in [0.5, 0.6) is 0 Å². The molecule has 0 radical (unpaired) electrons. The van der Waals surface area contributed by atoms with Crippen LogP contribution in [0.3, 0.4) is 0 Å². The second-order valence-electron chi connectivity index (χ2n) is 11.5. The third-order valence-electron chi connectivity index (χ3n) is 8.96. The first-order valence-electron chi connectivity index (χ1n) is 13.3. The number of amidine groups is 1. The molecule has 2 heterocycles. The molecule has 4 aliphatic carbocycles. The molecule has 200 valence electrons. The first-order valence-corrected chi connectivity index (χ1v) is 12.8. The van der Waals surface area contributed by atoms with E-state index in [2.05, 4.69) is 15.2 Å². The van der Waals surface area contributed by atoms with Crippen LogP contribution >= 0.6 is 0 Å². The van der Waals surface area contributed by atoms with Crippen LogP contribution in [0.15, 0.2) is 23.3 Å². The number of carbonyl (C=O) groups is 1. The van der Waals surface area contributed by atoms with Crippen LogP contribution in [0.25, 0.3) is 0 Å². The molecule has 6 rings (SSSR count). The Labute approximate surface area is 216 Å². The minimum absolute atomic E-state index is 0.0788. The summed E-state index contributed by atoms with van der Waals surface area (Å²) >= 11 is 0. The lowest BCUT2D eigenvalue weighted by Crippen LogP contribution is -2.61. The molecule has 0 aromatic carbocycles. The molecule has 3 N–H and O–H groups in total. The predicted octanol–water partition coefficient (Wildman–Crippen LogP) is 3.15.